The van der Waals surface area contributed by atoms with Gasteiger partial charge in [0.25, 0.3) is 0 Å². The largest absolute Gasteiger partial charge is 0.382 e. The Kier molecular flexibility index (Phi) is 5.09. The molecule has 3 heterocycles. The normalized spacial score (nSPS) is 14.8. The predicted octanol–water partition coefficient (Wildman–Crippen LogP) is 4.84. The van der Waals surface area contributed by atoms with E-state index in [1.807, 2.05) is 23.7 Å². The lowest BCUT2D eigenvalue weighted by Gasteiger charge is -2.21. The van der Waals surface area contributed by atoms with Gasteiger partial charge in [-0.1, -0.05) is 39.7 Å². The topological polar surface area (TPSA) is 56.1 Å². The minimum absolute atomic E-state index is 0.139. The molecule has 6 nitrogen and oxygen atoms in total. The van der Waals surface area contributed by atoms with E-state index in [-0.39, 0.29) is 6.04 Å². The van der Waals surface area contributed by atoms with Crippen LogP contribution in [-0.4, -0.2) is 40.2 Å². The molecular weight excluding hydrogens is 430 g/mol. The molecule has 0 amide bonds. The van der Waals surface area contributed by atoms with Gasteiger partial charge in [-0.05, 0) is 43.5 Å². The van der Waals surface area contributed by atoms with Gasteiger partial charge in [0.1, 0.15) is 0 Å². The van der Waals surface area contributed by atoms with Crippen molar-refractivity contribution in [2.24, 2.45) is 0 Å². The van der Waals surface area contributed by atoms with Gasteiger partial charge >= 0.3 is 0 Å². The number of methoxy groups -OCH3 is 1. The van der Waals surface area contributed by atoms with Gasteiger partial charge in [-0.15, -0.1) is 5.10 Å². The lowest BCUT2D eigenvalue weighted by atomic mass is 10.2. The molecule has 0 fully saturated rings. The van der Waals surface area contributed by atoms with Crippen LogP contribution in [0.5, 0.6) is 0 Å². The molecule has 4 rings (SSSR count). The number of halogens is 2. The molecule has 1 aliphatic heterocycles. The van der Waals surface area contributed by atoms with E-state index in [1.54, 1.807) is 7.11 Å². The SMILES string of the molecule is CC[C@H](COC)n1nnc2c(N3CCc4cc(Br)cc(Cl)c43)nc(C)cc21. The van der Waals surface area contributed by atoms with E-state index in [0.29, 0.717) is 11.6 Å². The Morgan fingerprint density at radius 3 is 2.89 bits per heavy atom. The number of ether oxygens (including phenoxy) is 1. The van der Waals surface area contributed by atoms with Gasteiger partial charge in [0.15, 0.2) is 11.3 Å². The highest BCUT2D eigenvalue weighted by Crippen LogP contribution is 2.42. The number of fused-ring (bicyclic) bond motifs is 2. The molecule has 1 atom stereocenters. The highest BCUT2D eigenvalue weighted by Gasteiger charge is 2.28. The molecule has 0 N–H and O–H groups in total. The van der Waals surface area contributed by atoms with Gasteiger partial charge in [0.05, 0.1) is 28.9 Å². The van der Waals surface area contributed by atoms with Gasteiger partial charge < -0.3 is 9.64 Å². The fourth-order valence-corrected chi connectivity index (χ4v) is 4.70. The Hall–Kier alpha value is -1.70. The lowest BCUT2D eigenvalue weighted by Crippen LogP contribution is -2.17. The van der Waals surface area contributed by atoms with Crippen LogP contribution in [0.1, 0.15) is 30.6 Å². The molecule has 0 unspecified atom stereocenters. The van der Waals surface area contributed by atoms with Crippen molar-refractivity contribution in [3.63, 3.8) is 0 Å². The first-order valence-corrected chi connectivity index (χ1v) is 10.2. The lowest BCUT2D eigenvalue weighted by molar-refractivity contribution is 0.148. The number of anilines is 2. The maximum Gasteiger partial charge on any atom is 0.163 e. The van der Waals surface area contributed by atoms with Crippen LogP contribution in [0.15, 0.2) is 22.7 Å². The molecule has 2 aromatic heterocycles. The van der Waals surface area contributed by atoms with Crippen molar-refractivity contribution in [2.45, 2.75) is 32.7 Å². The predicted molar refractivity (Wildman–Crippen MR) is 111 cm³/mol. The molecular formula is C19H21BrClN5O. The molecule has 0 spiro atoms. The van der Waals surface area contributed by atoms with Crippen molar-refractivity contribution in [2.75, 3.05) is 25.2 Å². The molecule has 3 aromatic rings. The minimum Gasteiger partial charge on any atom is -0.382 e. The summed E-state index contributed by atoms with van der Waals surface area (Å²) in [6.07, 6.45) is 1.83. The quantitative estimate of drug-likeness (QED) is 0.556. The summed E-state index contributed by atoms with van der Waals surface area (Å²) in [4.78, 5) is 6.96. The van der Waals surface area contributed by atoms with Gasteiger partial charge in [-0.25, -0.2) is 9.67 Å². The number of pyridine rings is 1. The number of aromatic nitrogens is 4. The van der Waals surface area contributed by atoms with Gasteiger partial charge in [-0.2, -0.15) is 0 Å². The number of rotatable bonds is 5. The van der Waals surface area contributed by atoms with Gasteiger partial charge in [0, 0.05) is 23.8 Å². The van der Waals surface area contributed by atoms with Crippen LogP contribution in [0.4, 0.5) is 11.5 Å². The number of nitrogens with zero attached hydrogens (tertiary/aromatic N) is 5. The zero-order valence-corrected chi connectivity index (χ0v) is 17.9. The second-order valence-corrected chi connectivity index (χ2v) is 8.13. The van der Waals surface area contributed by atoms with E-state index < -0.39 is 0 Å². The molecule has 0 bridgehead atoms. The van der Waals surface area contributed by atoms with E-state index >= 15 is 0 Å². The highest BCUT2D eigenvalue weighted by molar-refractivity contribution is 9.10. The van der Waals surface area contributed by atoms with Gasteiger partial charge in [0.2, 0.25) is 0 Å². The zero-order chi connectivity index (χ0) is 19.1. The summed E-state index contributed by atoms with van der Waals surface area (Å²) in [5.41, 5.74) is 4.92. The number of hydrogen-bond donors (Lipinski definition) is 0. The fraction of sp³-hybridized carbons (Fsp3) is 0.421. The van der Waals surface area contributed by atoms with Crippen molar-refractivity contribution in [1.82, 2.24) is 20.0 Å². The Bertz CT molecular complexity index is 1010. The third-order valence-corrected chi connectivity index (χ3v) is 5.73. The fourth-order valence-electron chi connectivity index (χ4n) is 3.72. The van der Waals surface area contributed by atoms with Crippen molar-refractivity contribution in [1.29, 1.82) is 0 Å². The standard InChI is InChI=1S/C19H21BrClN5O/c1-4-14(10-27-3)26-16-7-11(2)22-19(17(16)23-24-26)25-6-5-12-8-13(20)9-15(21)18(12)25/h7-9,14H,4-6,10H2,1-3H3/t14-/m1/s1. The van der Waals surface area contributed by atoms with Crippen LogP contribution in [0.25, 0.3) is 11.0 Å². The van der Waals surface area contributed by atoms with Crippen molar-refractivity contribution >= 4 is 50.1 Å². The van der Waals surface area contributed by atoms with Crippen LogP contribution in [0, 0.1) is 6.92 Å². The van der Waals surface area contributed by atoms with Crippen LogP contribution in [0.2, 0.25) is 5.02 Å². The first-order valence-electron chi connectivity index (χ1n) is 9.00. The monoisotopic (exact) mass is 449 g/mol. The van der Waals surface area contributed by atoms with Crippen LogP contribution in [0.3, 0.4) is 0 Å². The van der Waals surface area contributed by atoms with Crippen LogP contribution < -0.4 is 4.90 Å². The van der Waals surface area contributed by atoms with E-state index in [4.69, 9.17) is 21.3 Å². The highest BCUT2D eigenvalue weighted by atomic mass is 79.9. The molecule has 0 saturated heterocycles. The molecule has 0 aliphatic carbocycles. The third-order valence-electron chi connectivity index (χ3n) is 4.98. The minimum atomic E-state index is 0.139. The number of benzene rings is 1. The Balaban J connectivity index is 1.87. The van der Waals surface area contributed by atoms with Crippen molar-refractivity contribution in [3.05, 3.63) is 39.0 Å². The Morgan fingerprint density at radius 1 is 1.33 bits per heavy atom. The Morgan fingerprint density at radius 2 is 2.15 bits per heavy atom. The second-order valence-electron chi connectivity index (χ2n) is 6.80. The molecule has 27 heavy (non-hydrogen) atoms. The molecule has 0 radical (unpaired) electrons. The van der Waals surface area contributed by atoms with E-state index in [0.717, 1.165) is 52.1 Å². The number of aryl methyl sites for hydroxylation is 1. The molecule has 1 aromatic carbocycles. The summed E-state index contributed by atoms with van der Waals surface area (Å²) in [5.74, 6) is 0.812. The van der Waals surface area contributed by atoms with E-state index in [1.165, 1.54) is 5.56 Å². The Labute approximate surface area is 171 Å². The first-order chi connectivity index (χ1) is 13.0. The summed E-state index contributed by atoms with van der Waals surface area (Å²) in [5, 5.41) is 9.62. The van der Waals surface area contributed by atoms with Crippen LogP contribution in [-0.2, 0) is 11.2 Å². The molecule has 142 valence electrons. The van der Waals surface area contributed by atoms with Crippen molar-refractivity contribution in [3.8, 4) is 0 Å². The third kappa shape index (κ3) is 3.22. The number of hydrogen-bond acceptors (Lipinski definition) is 5. The first kappa shape index (κ1) is 18.7. The maximum absolute atomic E-state index is 6.57. The molecule has 0 saturated carbocycles. The zero-order valence-electron chi connectivity index (χ0n) is 15.5. The summed E-state index contributed by atoms with van der Waals surface area (Å²) >= 11 is 10.1. The summed E-state index contributed by atoms with van der Waals surface area (Å²) in [6, 6.07) is 6.22. The van der Waals surface area contributed by atoms with E-state index in [2.05, 4.69) is 44.1 Å². The molecule has 1 aliphatic rings. The van der Waals surface area contributed by atoms with Crippen LogP contribution >= 0.6 is 27.5 Å². The van der Waals surface area contributed by atoms with E-state index in [9.17, 15) is 0 Å². The summed E-state index contributed by atoms with van der Waals surface area (Å²) in [6.45, 7) is 5.54. The smallest absolute Gasteiger partial charge is 0.163 e. The second kappa shape index (κ2) is 7.37. The van der Waals surface area contributed by atoms with Crippen molar-refractivity contribution < 1.29 is 4.74 Å². The summed E-state index contributed by atoms with van der Waals surface area (Å²) in [7, 11) is 1.71. The molecule has 8 heteroatoms. The average Bonchev–Trinajstić information content (AvgIpc) is 3.23. The van der Waals surface area contributed by atoms with Gasteiger partial charge in [-0.3, -0.25) is 0 Å². The summed E-state index contributed by atoms with van der Waals surface area (Å²) < 4.78 is 8.31. The average molecular weight is 451 g/mol. The maximum atomic E-state index is 6.57.